The Morgan fingerprint density at radius 2 is 2.06 bits per heavy atom. The maximum Gasteiger partial charge on any atom is 0.293 e. The molecule has 4 aromatic rings. The second-order valence-corrected chi connectivity index (χ2v) is 8.67. The largest absolute Gasteiger partial charge is 0.459 e. The fourth-order valence-electron chi connectivity index (χ4n) is 2.73. The summed E-state index contributed by atoms with van der Waals surface area (Å²) in [6, 6.07) is 8.30. The molecule has 4 rings (SSSR count). The van der Waals surface area contributed by atoms with Crippen LogP contribution < -0.4 is 10.6 Å². The lowest BCUT2D eigenvalue weighted by Gasteiger charge is -2.01. The highest BCUT2D eigenvalue weighted by Crippen LogP contribution is 2.23. The minimum absolute atomic E-state index is 0.0468. The number of carbonyl (C=O) groups excluding carboxylic acids is 2. The van der Waals surface area contributed by atoms with Crippen molar-refractivity contribution in [3.63, 3.8) is 0 Å². The molecule has 0 spiro atoms. The van der Waals surface area contributed by atoms with E-state index in [-0.39, 0.29) is 23.9 Å². The van der Waals surface area contributed by atoms with E-state index in [2.05, 4.69) is 20.6 Å². The van der Waals surface area contributed by atoms with Crippen LogP contribution in [0.2, 0.25) is 0 Å². The molecule has 0 saturated carbocycles. The number of furan rings is 1. The lowest BCUT2D eigenvalue weighted by atomic mass is 10.1. The number of amides is 2. The molecule has 31 heavy (non-hydrogen) atoms. The normalized spacial score (nSPS) is 10.8. The molecule has 2 N–H and O–H groups in total. The Hall–Kier alpha value is -3.37. The highest BCUT2D eigenvalue weighted by atomic mass is 32.1. The third kappa shape index (κ3) is 5.41. The molecule has 0 fully saturated rings. The predicted octanol–water partition coefficient (Wildman–Crippen LogP) is 4.66. The molecule has 3 aromatic heterocycles. The molecule has 2 amide bonds. The molecule has 1 aromatic carbocycles. The number of hydrogen-bond acceptors (Lipinski definition) is 7. The fraction of sp³-hybridized carbons (Fsp3) is 0.143. The van der Waals surface area contributed by atoms with E-state index in [1.54, 1.807) is 36.7 Å². The molecular formula is C21H17FN4O3S2. The lowest BCUT2D eigenvalue weighted by Crippen LogP contribution is -2.15. The van der Waals surface area contributed by atoms with Crippen LogP contribution >= 0.6 is 22.7 Å². The first kappa shape index (κ1) is 20.9. The van der Waals surface area contributed by atoms with Crippen LogP contribution in [0.3, 0.4) is 0 Å². The van der Waals surface area contributed by atoms with Crippen LogP contribution in [-0.2, 0) is 17.6 Å². The van der Waals surface area contributed by atoms with Crippen LogP contribution in [0, 0.1) is 12.7 Å². The molecule has 7 nitrogen and oxygen atoms in total. The third-order valence-corrected chi connectivity index (χ3v) is 5.99. The number of rotatable bonds is 7. The summed E-state index contributed by atoms with van der Waals surface area (Å²) in [5, 5.41) is 7.93. The van der Waals surface area contributed by atoms with Gasteiger partial charge in [0.25, 0.3) is 5.91 Å². The average Bonchev–Trinajstić information content (AvgIpc) is 3.48. The first-order valence-corrected chi connectivity index (χ1v) is 10.9. The van der Waals surface area contributed by atoms with Crippen LogP contribution in [0.1, 0.15) is 32.3 Å². The number of halogens is 1. The quantitative estimate of drug-likeness (QED) is 0.421. The van der Waals surface area contributed by atoms with Gasteiger partial charge in [-0.25, -0.2) is 14.4 Å². The number of anilines is 2. The number of aryl methyl sites for hydroxylation is 1. The second-order valence-electron chi connectivity index (χ2n) is 6.69. The van der Waals surface area contributed by atoms with Gasteiger partial charge in [-0.1, -0.05) is 12.1 Å². The monoisotopic (exact) mass is 456 g/mol. The van der Waals surface area contributed by atoms with Crippen LogP contribution in [0.25, 0.3) is 0 Å². The van der Waals surface area contributed by atoms with Crippen molar-refractivity contribution >= 4 is 44.8 Å². The molecule has 10 heteroatoms. The number of benzene rings is 1. The van der Waals surface area contributed by atoms with Gasteiger partial charge in [0.05, 0.1) is 18.4 Å². The number of nitrogens with zero attached hydrogens (tertiary/aromatic N) is 2. The highest BCUT2D eigenvalue weighted by molar-refractivity contribution is 7.15. The van der Waals surface area contributed by atoms with Gasteiger partial charge in [0.1, 0.15) is 5.82 Å². The predicted molar refractivity (Wildman–Crippen MR) is 117 cm³/mol. The van der Waals surface area contributed by atoms with Crippen LogP contribution in [0.5, 0.6) is 0 Å². The molecule has 0 bridgehead atoms. The molecule has 0 atom stereocenters. The summed E-state index contributed by atoms with van der Waals surface area (Å²) in [6.07, 6.45) is 3.67. The zero-order valence-corrected chi connectivity index (χ0v) is 18.0. The van der Waals surface area contributed by atoms with Crippen molar-refractivity contribution in [3.8, 4) is 0 Å². The van der Waals surface area contributed by atoms with Gasteiger partial charge in [0, 0.05) is 22.9 Å². The highest BCUT2D eigenvalue weighted by Gasteiger charge is 2.14. The first-order chi connectivity index (χ1) is 15.0. The van der Waals surface area contributed by atoms with E-state index < -0.39 is 5.91 Å². The van der Waals surface area contributed by atoms with E-state index in [4.69, 9.17) is 4.42 Å². The average molecular weight is 457 g/mol. The Morgan fingerprint density at radius 3 is 2.84 bits per heavy atom. The van der Waals surface area contributed by atoms with Crippen LogP contribution in [-0.4, -0.2) is 21.8 Å². The Labute approximate surface area is 185 Å². The molecule has 0 aliphatic rings. The molecule has 0 aliphatic carbocycles. The number of nitrogens with one attached hydrogen (secondary N) is 2. The summed E-state index contributed by atoms with van der Waals surface area (Å²) in [7, 11) is 0. The number of thiazole rings is 2. The van der Waals surface area contributed by atoms with E-state index in [0.29, 0.717) is 27.9 Å². The maximum atomic E-state index is 13.7. The van der Waals surface area contributed by atoms with E-state index in [1.165, 1.54) is 35.0 Å². The zero-order chi connectivity index (χ0) is 21.8. The maximum absolute atomic E-state index is 13.7. The summed E-state index contributed by atoms with van der Waals surface area (Å²) in [5.41, 5.74) is 1.98. The van der Waals surface area contributed by atoms with E-state index >= 15 is 0 Å². The number of carbonyl (C=O) groups is 2. The van der Waals surface area contributed by atoms with Crippen molar-refractivity contribution in [3.05, 3.63) is 81.4 Å². The third-order valence-electron chi connectivity index (χ3n) is 4.27. The lowest BCUT2D eigenvalue weighted by molar-refractivity contribution is -0.115. The molecule has 0 saturated heterocycles. The minimum atomic E-state index is -0.404. The van der Waals surface area contributed by atoms with Crippen molar-refractivity contribution in [1.29, 1.82) is 0 Å². The summed E-state index contributed by atoms with van der Waals surface area (Å²) in [4.78, 5) is 33.7. The van der Waals surface area contributed by atoms with Crippen LogP contribution in [0.15, 0.2) is 52.6 Å². The van der Waals surface area contributed by atoms with Crippen molar-refractivity contribution in [2.45, 2.75) is 19.8 Å². The van der Waals surface area contributed by atoms with Gasteiger partial charge in [-0.15, -0.1) is 22.7 Å². The smallest absolute Gasteiger partial charge is 0.293 e. The van der Waals surface area contributed by atoms with E-state index in [0.717, 1.165) is 10.4 Å². The second kappa shape index (κ2) is 9.19. The summed E-state index contributed by atoms with van der Waals surface area (Å²) in [6.45, 7) is 1.72. The van der Waals surface area contributed by atoms with Gasteiger partial charge in [-0.2, -0.15) is 0 Å². The van der Waals surface area contributed by atoms with Crippen LogP contribution in [0.4, 0.5) is 14.7 Å². The Morgan fingerprint density at radius 1 is 1.19 bits per heavy atom. The van der Waals surface area contributed by atoms with Gasteiger partial charge in [0.15, 0.2) is 16.0 Å². The van der Waals surface area contributed by atoms with Crippen molar-refractivity contribution in [2.75, 3.05) is 10.6 Å². The topological polar surface area (TPSA) is 97.1 Å². The molecule has 158 valence electrons. The van der Waals surface area contributed by atoms with Crippen molar-refractivity contribution in [1.82, 2.24) is 9.97 Å². The summed E-state index contributed by atoms with van der Waals surface area (Å²) in [5.74, 6) is -0.725. The first-order valence-electron chi connectivity index (χ1n) is 9.25. The Balaban J connectivity index is 1.30. The number of aromatic nitrogens is 2. The summed E-state index contributed by atoms with van der Waals surface area (Å²) < 4.78 is 18.7. The van der Waals surface area contributed by atoms with Gasteiger partial charge in [-0.3, -0.25) is 14.9 Å². The van der Waals surface area contributed by atoms with Gasteiger partial charge >= 0.3 is 0 Å². The number of hydrogen-bond donors (Lipinski definition) is 2. The van der Waals surface area contributed by atoms with Gasteiger partial charge in [0.2, 0.25) is 5.91 Å². The van der Waals surface area contributed by atoms with E-state index in [1.807, 2.05) is 6.07 Å². The molecule has 0 unspecified atom stereocenters. The minimum Gasteiger partial charge on any atom is -0.459 e. The summed E-state index contributed by atoms with van der Waals surface area (Å²) >= 11 is 2.56. The Bertz CT molecular complexity index is 1220. The Kier molecular flexibility index (Phi) is 6.19. The molecule has 0 aliphatic heterocycles. The van der Waals surface area contributed by atoms with E-state index in [9.17, 15) is 14.0 Å². The fourth-order valence-corrected chi connectivity index (χ4v) is 4.30. The van der Waals surface area contributed by atoms with Crippen molar-refractivity contribution < 1.29 is 18.4 Å². The van der Waals surface area contributed by atoms with Gasteiger partial charge < -0.3 is 9.73 Å². The standard InChI is InChI=1S/C21H17FN4O3S2/c1-12-4-5-13(8-16(12)22)7-15-10-23-20(31-15)25-18(27)9-14-11-30-21(24-14)26-19(28)17-3-2-6-29-17/h2-6,8,10-11H,7,9H2,1H3,(H,23,25,27)(H,24,26,28). The van der Waals surface area contributed by atoms with Crippen molar-refractivity contribution in [2.24, 2.45) is 0 Å². The molecular weight excluding hydrogens is 439 g/mol. The van der Waals surface area contributed by atoms with Gasteiger partial charge in [-0.05, 0) is 36.2 Å². The molecule has 3 heterocycles. The zero-order valence-electron chi connectivity index (χ0n) is 16.3. The SMILES string of the molecule is Cc1ccc(Cc2cnc(NC(=O)Cc3csc(NC(=O)c4ccco4)n3)s2)cc1F. The molecule has 0 radical (unpaired) electrons.